The average molecular weight is 334 g/mol. The van der Waals surface area contributed by atoms with Crippen molar-refractivity contribution in [2.45, 2.75) is 19.9 Å². The van der Waals surface area contributed by atoms with E-state index >= 15 is 0 Å². The van der Waals surface area contributed by atoms with Gasteiger partial charge in [-0.3, -0.25) is 4.98 Å². The van der Waals surface area contributed by atoms with E-state index < -0.39 is 0 Å². The van der Waals surface area contributed by atoms with E-state index in [9.17, 15) is 0 Å². The Morgan fingerprint density at radius 3 is 2.76 bits per heavy atom. The minimum atomic E-state index is 0.300. The Kier molecular flexibility index (Phi) is 4.40. The number of aromatic nitrogens is 2. The zero-order chi connectivity index (χ0) is 17.2. The highest BCUT2D eigenvalue weighted by Crippen LogP contribution is 2.22. The van der Waals surface area contributed by atoms with Crippen LogP contribution in [0.1, 0.15) is 25.1 Å². The van der Waals surface area contributed by atoms with E-state index in [2.05, 4.69) is 45.0 Å². The maximum atomic E-state index is 5.45. The minimum Gasteiger partial charge on any atom is -0.378 e. The predicted molar refractivity (Wildman–Crippen MR) is 101 cm³/mol. The Labute approximate surface area is 148 Å². The summed E-state index contributed by atoms with van der Waals surface area (Å²) in [5.74, 6) is 0.860. The van der Waals surface area contributed by atoms with Gasteiger partial charge in [-0.25, -0.2) is 4.98 Å². The van der Waals surface area contributed by atoms with E-state index in [1.54, 1.807) is 0 Å². The molecule has 1 N–H and O–H groups in total. The van der Waals surface area contributed by atoms with Crippen molar-refractivity contribution in [3.8, 4) is 0 Å². The normalized spacial score (nSPS) is 16.4. The molecule has 0 saturated carbocycles. The van der Waals surface area contributed by atoms with Crippen molar-refractivity contribution in [2.24, 2.45) is 4.90 Å². The molecular weight excluding hydrogens is 313 g/mol. The predicted octanol–water partition coefficient (Wildman–Crippen LogP) is 1.23. The first kappa shape index (κ1) is 16.1. The molecule has 25 heavy (non-hydrogen) atoms. The Balaban J connectivity index is 1.69. The number of rotatable bonds is 4. The van der Waals surface area contributed by atoms with E-state index in [1.165, 1.54) is 0 Å². The van der Waals surface area contributed by atoms with Crippen LogP contribution in [-0.4, -0.2) is 55.4 Å². The maximum Gasteiger partial charge on any atom is 0.313 e. The molecule has 6 nitrogen and oxygen atoms in total. The Hall–Kier alpha value is -2.41. The maximum absolute atomic E-state index is 5.45. The highest BCUT2D eigenvalue weighted by atomic mass is 16.5. The first-order valence-electron chi connectivity index (χ1n) is 8.68. The standard InChI is InChI=1S/C18H21BN5O/c1-12(2)22-18-16-14(4-6-21-18)19-23-17(16)15-11-13(3-5-20-15)24-7-9-25-10-8-24/h3-6,11-12H,7-10H2,1-2H3,(H,21,22). The van der Waals surface area contributed by atoms with Gasteiger partial charge < -0.3 is 19.9 Å². The van der Waals surface area contributed by atoms with E-state index in [4.69, 9.17) is 4.74 Å². The summed E-state index contributed by atoms with van der Waals surface area (Å²) in [5.41, 5.74) is 5.02. The molecule has 127 valence electrons. The van der Waals surface area contributed by atoms with Gasteiger partial charge in [0.15, 0.2) is 0 Å². The minimum absolute atomic E-state index is 0.300. The smallest absolute Gasteiger partial charge is 0.313 e. The van der Waals surface area contributed by atoms with Gasteiger partial charge in [-0.05, 0) is 37.5 Å². The SMILES string of the molecule is CC(C)Nc1nccc2c1C(c1cc(N3CCOCC3)ccn1)=N[B]2. The van der Waals surface area contributed by atoms with E-state index in [0.29, 0.717) is 6.04 Å². The summed E-state index contributed by atoms with van der Waals surface area (Å²) in [7, 11) is 1.89. The van der Waals surface area contributed by atoms with Crippen LogP contribution in [0.3, 0.4) is 0 Å². The second kappa shape index (κ2) is 6.84. The lowest BCUT2D eigenvalue weighted by molar-refractivity contribution is 0.122. The number of hydrogen-bond acceptors (Lipinski definition) is 6. The first-order chi connectivity index (χ1) is 12.2. The molecule has 0 aliphatic carbocycles. The molecule has 0 bridgehead atoms. The summed E-state index contributed by atoms with van der Waals surface area (Å²) < 4.78 is 5.45. The fourth-order valence-corrected chi connectivity index (χ4v) is 3.18. The van der Waals surface area contributed by atoms with Gasteiger partial charge in [-0.15, -0.1) is 0 Å². The van der Waals surface area contributed by atoms with Gasteiger partial charge >= 0.3 is 7.41 Å². The van der Waals surface area contributed by atoms with Gasteiger partial charge in [0.05, 0.1) is 24.6 Å². The third-order valence-corrected chi connectivity index (χ3v) is 4.34. The zero-order valence-electron chi connectivity index (χ0n) is 14.6. The van der Waals surface area contributed by atoms with Crippen molar-refractivity contribution in [3.05, 3.63) is 41.9 Å². The lowest BCUT2D eigenvalue weighted by Gasteiger charge is -2.29. The third-order valence-electron chi connectivity index (χ3n) is 4.34. The number of hydrogen-bond donors (Lipinski definition) is 1. The van der Waals surface area contributed by atoms with Crippen molar-refractivity contribution >= 4 is 30.1 Å². The Bertz CT molecular complexity index is 802. The molecule has 4 rings (SSSR count). The molecule has 0 aromatic carbocycles. The first-order valence-corrected chi connectivity index (χ1v) is 8.68. The topological polar surface area (TPSA) is 62.6 Å². The van der Waals surface area contributed by atoms with Crippen molar-refractivity contribution < 1.29 is 4.74 Å². The molecule has 7 heteroatoms. The van der Waals surface area contributed by atoms with Crippen molar-refractivity contribution in [1.82, 2.24) is 9.97 Å². The molecule has 2 aromatic heterocycles. The molecule has 2 aliphatic heterocycles. The van der Waals surface area contributed by atoms with E-state index in [-0.39, 0.29) is 0 Å². The van der Waals surface area contributed by atoms with Crippen molar-refractivity contribution in [1.29, 1.82) is 0 Å². The van der Waals surface area contributed by atoms with Crippen molar-refractivity contribution in [3.63, 3.8) is 0 Å². The molecule has 2 aromatic rings. The lowest BCUT2D eigenvalue weighted by Crippen LogP contribution is -2.36. The molecule has 0 spiro atoms. The molecule has 2 aliphatic rings. The lowest BCUT2D eigenvalue weighted by atomic mass is 9.84. The van der Waals surface area contributed by atoms with Gasteiger partial charge in [0.2, 0.25) is 0 Å². The van der Waals surface area contributed by atoms with Gasteiger partial charge in [-0.1, -0.05) is 0 Å². The van der Waals surface area contributed by atoms with E-state index in [1.807, 2.05) is 31.9 Å². The highest BCUT2D eigenvalue weighted by molar-refractivity contribution is 6.61. The summed E-state index contributed by atoms with van der Waals surface area (Å²) in [5, 5.41) is 3.42. The van der Waals surface area contributed by atoms with Crippen LogP contribution in [0.4, 0.5) is 11.5 Å². The number of nitrogens with one attached hydrogen (secondary N) is 1. The van der Waals surface area contributed by atoms with Gasteiger partial charge in [0, 0.05) is 42.8 Å². The number of anilines is 2. The molecule has 0 amide bonds. The fraction of sp³-hybridized carbons (Fsp3) is 0.389. The zero-order valence-corrected chi connectivity index (χ0v) is 14.6. The average Bonchev–Trinajstić information content (AvgIpc) is 3.07. The Morgan fingerprint density at radius 1 is 1.16 bits per heavy atom. The Morgan fingerprint density at radius 2 is 1.96 bits per heavy atom. The highest BCUT2D eigenvalue weighted by Gasteiger charge is 2.24. The van der Waals surface area contributed by atoms with Crippen molar-refractivity contribution in [2.75, 3.05) is 36.5 Å². The molecule has 1 saturated heterocycles. The molecule has 1 radical (unpaired) electrons. The van der Waals surface area contributed by atoms with Gasteiger partial charge in [0.1, 0.15) is 5.82 Å². The van der Waals surface area contributed by atoms with Crippen LogP contribution >= 0.6 is 0 Å². The van der Waals surface area contributed by atoms with Crippen LogP contribution < -0.4 is 15.7 Å². The number of morpholine rings is 1. The molecule has 1 fully saturated rings. The van der Waals surface area contributed by atoms with Gasteiger partial charge in [-0.2, -0.15) is 0 Å². The number of pyridine rings is 2. The number of nitrogens with zero attached hydrogens (tertiary/aromatic N) is 4. The van der Waals surface area contributed by atoms with Crippen LogP contribution in [0.15, 0.2) is 35.5 Å². The summed E-state index contributed by atoms with van der Waals surface area (Å²) >= 11 is 0. The van der Waals surface area contributed by atoms with Crippen LogP contribution in [0.5, 0.6) is 0 Å². The van der Waals surface area contributed by atoms with E-state index in [0.717, 1.165) is 60.2 Å². The molecule has 0 atom stereocenters. The summed E-state index contributed by atoms with van der Waals surface area (Å²) in [6.07, 6.45) is 3.67. The van der Waals surface area contributed by atoms with Crippen LogP contribution in [0.2, 0.25) is 0 Å². The molecular formula is C18H21BN5O. The monoisotopic (exact) mass is 334 g/mol. The summed E-state index contributed by atoms with van der Waals surface area (Å²) in [6.45, 7) is 7.55. The number of fused-ring (bicyclic) bond motifs is 1. The summed E-state index contributed by atoms with van der Waals surface area (Å²) in [4.78, 5) is 16.0. The second-order valence-corrected chi connectivity index (χ2v) is 6.53. The number of ether oxygens (including phenoxy) is 1. The van der Waals surface area contributed by atoms with Crippen LogP contribution in [0.25, 0.3) is 0 Å². The van der Waals surface area contributed by atoms with Gasteiger partial charge in [0.25, 0.3) is 0 Å². The summed E-state index contributed by atoms with van der Waals surface area (Å²) in [6, 6.07) is 6.45. The molecule has 4 heterocycles. The quantitative estimate of drug-likeness (QED) is 0.852. The fourth-order valence-electron chi connectivity index (χ4n) is 3.18. The van der Waals surface area contributed by atoms with Crippen LogP contribution in [0, 0.1) is 0 Å². The molecule has 0 unspecified atom stereocenters. The van der Waals surface area contributed by atoms with Crippen LogP contribution in [-0.2, 0) is 4.74 Å². The third kappa shape index (κ3) is 3.24. The second-order valence-electron chi connectivity index (χ2n) is 6.53. The largest absolute Gasteiger partial charge is 0.378 e.